The molecular formula is C7H7N3O2S. The summed E-state index contributed by atoms with van der Waals surface area (Å²) in [5, 5.41) is 0. The molecule has 0 spiro atoms. The molecule has 0 saturated heterocycles. The standard InChI is InChI=1S/C7H7N3O2S/c11-13(12)10-7-8-5-3-1-2-4-6(5)9-7/h1-4,13H,(H2,8,9,10,11,12). The Morgan fingerprint density at radius 2 is 2.08 bits per heavy atom. The molecule has 1 aromatic carbocycles. The number of hydrogen-bond acceptors (Lipinski definition) is 3. The predicted octanol–water partition coefficient (Wildman–Crippen LogP) is 0.501. The van der Waals surface area contributed by atoms with Crippen molar-refractivity contribution >= 4 is 27.9 Å². The van der Waals surface area contributed by atoms with Gasteiger partial charge in [0.2, 0.25) is 16.8 Å². The molecule has 0 fully saturated rings. The molecule has 0 aliphatic carbocycles. The van der Waals surface area contributed by atoms with Gasteiger partial charge in [0, 0.05) is 0 Å². The lowest BCUT2D eigenvalue weighted by molar-refractivity contribution is 0.618. The SMILES string of the molecule is O=[SH](=O)Nc1nc2ccccc2[nH]1. The zero-order chi connectivity index (χ0) is 9.26. The summed E-state index contributed by atoms with van der Waals surface area (Å²) in [5.74, 6) is 0.248. The van der Waals surface area contributed by atoms with Gasteiger partial charge in [0.15, 0.2) is 0 Å². The van der Waals surface area contributed by atoms with Crippen LogP contribution in [0.4, 0.5) is 5.95 Å². The van der Waals surface area contributed by atoms with E-state index in [1.165, 1.54) is 0 Å². The summed E-state index contributed by atoms with van der Waals surface area (Å²) in [6.07, 6.45) is 0. The molecule has 0 aliphatic heterocycles. The van der Waals surface area contributed by atoms with Gasteiger partial charge in [0.1, 0.15) is 0 Å². The molecule has 6 heteroatoms. The molecule has 5 nitrogen and oxygen atoms in total. The number of H-pyrrole nitrogens is 1. The number of nitrogens with zero attached hydrogens (tertiary/aromatic N) is 1. The molecule has 0 aliphatic rings. The summed E-state index contributed by atoms with van der Waals surface area (Å²) < 4.78 is 22.8. The first-order chi connectivity index (χ1) is 6.25. The lowest BCUT2D eigenvalue weighted by Gasteiger charge is -1.87. The van der Waals surface area contributed by atoms with Gasteiger partial charge in [-0.2, -0.15) is 0 Å². The van der Waals surface area contributed by atoms with Gasteiger partial charge in [0.25, 0.3) is 0 Å². The van der Waals surface area contributed by atoms with Crippen molar-refractivity contribution in [1.82, 2.24) is 9.97 Å². The smallest absolute Gasteiger partial charge is 0.224 e. The first kappa shape index (κ1) is 8.06. The van der Waals surface area contributed by atoms with Crippen LogP contribution in [0.3, 0.4) is 0 Å². The average Bonchev–Trinajstić information content (AvgIpc) is 2.44. The van der Waals surface area contributed by atoms with Gasteiger partial charge in [-0.25, -0.2) is 13.4 Å². The number of fused-ring (bicyclic) bond motifs is 1. The van der Waals surface area contributed by atoms with Crippen LogP contribution in [-0.2, 0) is 10.9 Å². The van der Waals surface area contributed by atoms with Crippen LogP contribution in [0.25, 0.3) is 11.0 Å². The minimum Gasteiger partial charge on any atom is -0.323 e. The summed E-state index contributed by atoms with van der Waals surface area (Å²) in [5.41, 5.74) is 1.55. The Balaban J connectivity index is 2.49. The van der Waals surface area contributed by atoms with Gasteiger partial charge in [-0.15, -0.1) is 0 Å². The largest absolute Gasteiger partial charge is 0.323 e. The Hall–Kier alpha value is -1.56. The van der Waals surface area contributed by atoms with Crippen molar-refractivity contribution in [2.45, 2.75) is 0 Å². The lowest BCUT2D eigenvalue weighted by atomic mass is 10.3. The molecule has 0 radical (unpaired) electrons. The maximum absolute atomic E-state index is 10.3. The second-order valence-corrected chi connectivity index (χ2v) is 3.21. The van der Waals surface area contributed by atoms with E-state index in [2.05, 4.69) is 14.7 Å². The van der Waals surface area contributed by atoms with Crippen molar-refractivity contribution in [2.75, 3.05) is 4.72 Å². The Labute approximate surface area is 75.9 Å². The van der Waals surface area contributed by atoms with E-state index in [-0.39, 0.29) is 5.95 Å². The van der Waals surface area contributed by atoms with Crippen LogP contribution in [0.15, 0.2) is 24.3 Å². The second-order valence-electron chi connectivity index (χ2n) is 2.47. The average molecular weight is 197 g/mol. The maximum atomic E-state index is 10.3. The van der Waals surface area contributed by atoms with Gasteiger partial charge in [0.05, 0.1) is 11.0 Å². The highest BCUT2D eigenvalue weighted by molar-refractivity contribution is 7.73. The van der Waals surface area contributed by atoms with E-state index < -0.39 is 10.9 Å². The van der Waals surface area contributed by atoms with Crippen molar-refractivity contribution in [2.24, 2.45) is 0 Å². The highest BCUT2D eigenvalue weighted by Crippen LogP contribution is 2.12. The summed E-state index contributed by atoms with van der Waals surface area (Å²) in [4.78, 5) is 6.82. The monoisotopic (exact) mass is 197 g/mol. The van der Waals surface area contributed by atoms with Crippen molar-refractivity contribution in [1.29, 1.82) is 0 Å². The number of hydrogen-bond donors (Lipinski definition) is 3. The molecule has 1 heterocycles. The normalized spacial score (nSPS) is 10.8. The van der Waals surface area contributed by atoms with Gasteiger partial charge in [-0.05, 0) is 12.1 Å². The number of thiol groups is 1. The number of aromatic nitrogens is 2. The van der Waals surface area contributed by atoms with Gasteiger partial charge in [-0.1, -0.05) is 12.1 Å². The predicted molar refractivity (Wildman–Crippen MR) is 50.0 cm³/mol. The lowest BCUT2D eigenvalue weighted by Crippen LogP contribution is -1.95. The van der Waals surface area contributed by atoms with Crippen molar-refractivity contribution in [3.05, 3.63) is 24.3 Å². The van der Waals surface area contributed by atoms with E-state index in [9.17, 15) is 8.42 Å². The third-order valence-corrected chi connectivity index (χ3v) is 1.98. The third kappa shape index (κ3) is 1.62. The quantitative estimate of drug-likeness (QED) is 0.614. The number of aromatic amines is 1. The fourth-order valence-electron chi connectivity index (χ4n) is 1.09. The van der Waals surface area contributed by atoms with Crippen LogP contribution in [0, 0.1) is 0 Å². The molecule has 2 rings (SSSR count). The molecule has 1 aromatic heterocycles. The van der Waals surface area contributed by atoms with Crippen LogP contribution in [0.2, 0.25) is 0 Å². The topological polar surface area (TPSA) is 74.8 Å². The van der Waals surface area contributed by atoms with Crippen LogP contribution < -0.4 is 4.72 Å². The molecule has 0 saturated carbocycles. The zero-order valence-corrected chi connectivity index (χ0v) is 7.41. The molecule has 68 valence electrons. The minimum atomic E-state index is -2.66. The highest BCUT2D eigenvalue weighted by atomic mass is 32.2. The zero-order valence-electron chi connectivity index (χ0n) is 6.52. The Bertz CT molecular complexity index is 462. The minimum absolute atomic E-state index is 0.248. The fourth-order valence-corrected chi connectivity index (χ4v) is 1.37. The molecule has 2 N–H and O–H groups in total. The van der Waals surface area contributed by atoms with Crippen LogP contribution in [-0.4, -0.2) is 18.4 Å². The Morgan fingerprint density at radius 3 is 2.77 bits per heavy atom. The molecular weight excluding hydrogens is 190 g/mol. The van der Waals surface area contributed by atoms with Crippen molar-refractivity contribution in [3.8, 4) is 0 Å². The van der Waals surface area contributed by atoms with Crippen LogP contribution >= 0.6 is 0 Å². The van der Waals surface area contributed by atoms with E-state index in [4.69, 9.17) is 0 Å². The van der Waals surface area contributed by atoms with Crippen LogP contribution in [0.1, 0.15) is 0 Å². The van der Waals surface area contributed by atoms with Gasteiger partial charge >= 0.3 is 0 Å². The molecule has 13 heavy (non-hydrogen) atoms. The first-order valence-corrected chi connectivity index (χ1v) is 4.79. The molecule has 0 atom stereocenters. The highest BCUT2D eigenvalue weighted by Gasteiger charge is 1.99. The number of para-hydroxylation sites is 2. The third-order valence-electron chi connectivity index (χ3n) is 1.59. The molecule has 2 aromatic rings. The Morgan fingerprint density at radius 1 is 1.31 bits per heavy atom. The first-order valence-electron chi connectivity index (χ1n) is 3.61. The Kier molecular flexibility index (Phi) is 1.90. The fraction of sp³-hybridized carbons (Fsp3) is 0. The molecule has 0 unspecified atom stereocenters. The summed E-state index contributed by atoms with van der Waals surface area (Å²) >= 11 is 0. The summed E-state index contributed by atoms with van der Waals surface area (Å²) in [7, 11) is -2.66. The number of imidazole rings is 1. The molecule has 0 amide bonds. The summed E-state index contributed by atoms with van der Waals surface area (Å²) in [6.45, 7) is 0. The van der Waals surface area contributed by atoms with Crippen molar-refractivity contribution in [3.63, 3.8) is 0 Å². The summed E-state index contributed by atoms with van der Waals surface area (Å²) in [6, 6.07) is 7.31. The van der Waals surface area contributed by atoms with E-state index in [1.807, 2.05) is 18.2 Å². The van der Waals surface area contributed by atoms with Gasteiger partial charge in [-0.3, -0.25) is 4.72 Å². The number of benzene rings is 1. The number of nitrogens with one attached hydrogen (secondary N) is 2. The van der Waals surface area contributed by atoms with E-state index in [1.54, 1.807) is 6.07 Å². The van der Waals surface area contributed by atoms with Gasteiger partial charge < -0.3 is 4.98 Å². The van der Waals surface area contributed by atoms with E-state index in [0.29, 0.717) is 0 Å². The second kappa shape index (κ2) is 3.06. The number of rotatable bonds is 2. The van der Waals surface area contributed by atoms with Crippen LogP contribution in [0.5, 0.6) is 0 Å². The van der Waals surface area contributed by atoms with E-state index >= 15 is 0 Å². The van der Waals surface area contributed by atoms with Crippen molar-refractivity contribution < 1.29 is 8.42 Å². The molecule has 0 bridgehead atoms. The van der Waals surface area contributed by atoms with E-state index in [0.717, 1.165) is 11.0 Å². The maximum Gasteiger partial charge on any atom is 0.224 e. The number of anilines is 1.